The Labute approximate surface area is 111 Å². The molecule has 1 amide bonds. The summed E-state index contributed by atoms with van der Waals surface area (Å²) in [7, 11) is 0. The van der Waals surface area contributed by atoms with Crippen LogP contribution in [0.1, 0.15) is 51.7 Å². The van der Waals surface area contributed by atoms with Crippen LogP contribution in [0.2, 0.25) is 0 Å². The van der Waals surface area contributed by atoms with Crippen molar-refractivity contribution < 1.29 is 4.79 Å². The van der Waals surface area contributed by atoms with Gasteiger partial charge in [-0.2, -0.15) is 0 Å². The molecule has 0 aliphatic rings. The van der Waals surface area contributed by atoms with E-state index in [2.05, 4.69) is 46.0 Å². The quantitative estimate of drug-likeness (QED) is 0.843. The van der Waals surface area contributed by atoms with E-state index < -0.39 is 0 Å². The molecular weight excluding hydrogens is 222 g/mol. The standard InChI is InChI=1S/C16H25NO/c1-6-8-13-12(2)9-7-10-14(13)17-15(18)11-16(3,4)5/h7,9-10H,6,8,11H2,1-5H3,(H,17,18). The molecule has 0 bridgehead atoms. The molecular formula is C16H25NO. The zero-order valence-corrected chi connectivity index (χ0v) is 12.3. The number of carbonyl (C=O) groups is 1. The summed E-state index contributed by atoms with van der Waals surface area (Å²) >= 11 is 0. The summed E-state index contributed by atoms with van der Waals surface area (Å²) in [6, 6.07) is 6.10. The molecule has 0 aromatic heterocycles. The molecule has 0 saturated heterocycles. The normalized spacial score (nSPS) is 11.4. The average Bonchev–Trinajstić information content (AvgIpc) is 2.20. The van der Waals surface area contributed by atoms with Crippen LogP contribution in [-0.2, 0) is 11.2 Å². The summed E-state index contributed by atoms with van der Waals surface area (Å²) in [6.45, 7) is 10.5. The summed E-state index contributed by atoms with van der Waals surface area (Å²) in [4.78, 5) is 12.0. The first-order valence-corrected chi connectivity index (χ1v) is 6.72. The summed E-state index contributed by atoms with van der Waals surface area (Å²) in [6.07, 6.45) is 2.65. The molecule has 0 fully saturated rings. The fourth-order valence-electron chi connectivity index (χ4n) is 2.08. The number of rotatable bonds is 4. The van der Waals surface area contributed by atoms with Crippen molar-refractivity contribution in [3.8, 4) is 0 Å². The molecule has 0 saturated carbocycles. The van der Waals surface area contributed by atoms with Gasteiger partial charge in [-0.05, 0) is 36.0 Å². The van der Waals surface area contributed by atoms with E-state index in [1.807, 2.05) is 12.1 Å². The summed E-state index contributed by atoms with van der Waals surface area (Å²) in [5.41, 5.74) is 3.53. The monoisotopic (exact) mass is 247 g/mol. The Hall–Kier alpha value is -1.31. The average molecular weight is 247 g/mol. The first-order chi connectivity index (χ1) is 8.33. The number of hydrogen-bond donors (Lipinski definition) is 1. The second-order valence-electron chi connectivity index (χ2n) is 6.14. The zero-order chi connectivity index (χ0) is 13.8. The van der Waals surface area contributed by atoms with Crippen molar-refractivity contribution in [3.63, 3.8) is 0 Å². The molecule has 0 unspecified atom stereocenters. The van der Waals surface area contributed by atoms with Gasteiger partial charge < -0.3 is 5.32 Å². The Kier molecular flexibility index (Phi) is 4.94. The molecule has 18 heavy (non-hydrogen) atoms. The van der Waals surface area contributed by atoms with Crippen LogP contribution in [-0.4, -0.2) is 5.91 Å². The highest BCUT2D eigenvalue weighted by Gasteiger charge is 2.17. The van der Waals surface area contributed by atoms with Gasteiger partial charge in [0.25, 0.3) is 0 Å². The highest BCUT2D eigenvalue weighted by molar-refractivity contribution is 5.92. The lowest BCUT2D eigenvalue weighted by Gasteiger charge is -2.19. The third-order valence-electron chi connectivity index (χ3n) is 2.88. The van der Waals surface area contributed by atoms with Crippen LogP contribution in [0.5, 0.6) is 0 Å². The molecule has 0 aliphatic heterocycles. The first kappa shape index (κ1) is 14.7. The molecule has 2 heteroatoms. The van der Waals surface area contributed by atoms with E-state index in [0.29, 0.717) is 6.42 Å². The van der Waals surface area contributed by atoms with Crippen molar-refractivity contribution in [1.29, 1.82) is 0 Å². The summed E-state index contributed by atoms with van der Waals surface area (Å²) < 4.78 is 0. The van der Waals surface area contributed by atoms with Gasteiger partial charge in [0.15, 0.2) is 0 Å². The third kappa shape index (κ3) is 4.52. The van der Waals surface area contributed by atoms with Gasteiger partial charge in [-0.25, -0.2) is 0 Å². The fraction of sp³-hybridized carbons (Fsp3) is 0.562. The highest BCUT2D eigenvalue weighted by atomic mass is 16.1. The second-order valence-corrected chi connectivity index (χ2v) is 6.14. The van der Waals surface area contributed by atoms with Gasteiger partial charge in [-0.15, -0.1) is 0 Å². The number of nitrogens with one attached hydrogen (secondary N) is 1. The molecule has 2 nitrogen and oxygen atoms in total. The first-order valence-electron chi connectivity index (χ1n) is 6.72. The highest BCUT2D eigenvalue weighted by Crippen LogP contribution is 2.24. The Balaban J connectivity index is 2.84. The van der Waals surface area contributed by atoms with Crippen molar-refractivity contribution >= 4 is 11.6 Å². The van der Waals surface area contributed by atoms with Crippen molar-refractivity contribution in [2.45, 2.75) is 53.9 Å². The smallest absolute Gasteiger partial charge is 0.224 e. The largest absolute Gasteiger partial charge is 0.326 e. The minimum Gasteiger partial charge on any atom is -0.326 e. The second kappa shape index (κ2) is 6.03. The predicted octanol–water partition coefficient (Wildman–Crippen LogP) is 4.32. The van der Waals surface area contributed by atoms with Gasteiger partial charge >= 0.3 is 0 Å². The van der Waals surface area contributed by atoms with E-state index in [1.165, 1.54) is 11.1 Å². The number of aryl methyl sites for hydroxylation is 1. The van der Waals surface area contributed by atoms with Crippen LogP contribution in [0.3, 0.4) is 0 Å². The van der Waals surface area contributed by atoms with E-state index in [-0.39, 0.29) is 11.3 Å². The molecule has 1 aromatic rings. The molecule has 1 aromatic carbocycles. The van der Waals surface area contributed by atoms with Crippen LogP contribution < -0.4 is 5.32 Å². The number of hydrogen-bond acceptors (Lipinski definition) is 1. The van der Waals surface area contributed by atoms with Crippen LogP contribution in [0.4, 0.5) is 5.69 Å². The fourth-order valence-corrected chi connectivity index (χ4v) is 2.08. The lowest BCUT2D eigenvalue weighted by molar-refractivity contribution is -0.117. The molecule has 1 rings (SSSR count). The molecule has 0 heterocycles. The maximum Gasteiger partial charge on any atom is 0.224 e. The predicted molar refractivity (Wildman–Crippen MR) is 77.9 cm³/mol. The zero-order valence-electron chi connectivity index (χ0n) is 12.3. The Morgan fingerprint density at radius 2 is 1.94 bits per heavy atom. The van der Waals surface area contributed by atoms with E-state index in [9.17, 15) is 4.79 Å². The van der Waals surface area contributed by atoms with Crippen molar-refractivity contribution in [2.75, 3.05) is 5.32 Å². The van der Waals surface area contributed by atoms with Crippen LogP contribution in [0.15, 0.2) is 18.2 Å². The van der Waals surface area contributed by atoms with Gasteiger partial charge in [0.2, 0.25) is 5.91 Å². The molecule has 100 valence electrons. The van der Waals surface area contributed by atoms with E-state index >= 15 is 0 Å². The number of carbonyl (C=O) groups excluding carboxylic acids is 1. The molecule has 0 atom stereocenters. The van der Waals surface area contributed by atoms with Crippen LogP contribution in [0.25, 0.3) is 0 Å². The maximum atomic E-state index is 12.0. The molecule has 0 spiro atoms. The maximum absolute atomic E-state index is 12.0. The van der Waals surface area contributed by atoms with Gasteiger partial charge in [0.05, 0.1) is 0 Å². The summed E-state index contributed by atoms with van der Waals surface area (Å²) in [5, 5.41) is 3.05. The van der Waals surface area contributed by atoms with Crippen LogP contribution in [0, 0.1) is 12.3 Å². The Morgan fingerprint density at radius 1 is 1.28 bits per heavy atom. The SMILES string of the molecule is CCCc1c(C)cccc1NC(=O)CC(C)(C)C. The number of benzene rings is 1. The Bertz CT molecular complexity index is 416. The summed E-state index contributed by atoms with van der Waals surface area (Å²) in [5.74, 6) is 0.102. The van der Waals surface area contributed by atoms with Crippen molar-refractivity contribution in [2.24, 2.45) is 5.41 Å². The molecule has 0 radical (unpaired) electrons. The van der Waals surface area contributed by atoms with E-state index in [0.717, 1.165) is 18.5 Å². The lowest BCUT2D eigenvalue weighted by atomic mass is 9.92. The number of anilines is 1. The minimum atomic E-state index is 0.0266. The van der Waals surface area contributed by atoms with E-state index in [1.54, 1.807) is 0 Å². The molecule has 1 N–H and O–H groups in total. The van der Waals surface area contributed by atoms with Gasteiger partial charge in [-0.1, -0.05) is 46.2 Å². The van der Waals surface area contributed by atoms with Gasteiger partial charge in [0, 0.05) is 12.1 Å². The lowest BCUT2D eigenvalue weighted by Crippen LogP contribution is -2.20. The van der Waals surface area contributed by atoms with E-state index in [4.69, 9.17) is 0 Å². The third-order valence-corrected chi connectivity index (χ3v) is 2.88. The minimum absolute atomic E-state index is 0.0266. The van der Waals surface area contributed by atoms with Crippen molar-refractivity contribution in [1.82, 2.24) is 0 Å². The van der Waals surface area contributed by atoms with Gasteiger partial charge in [-0.3, -0.25) is 4.79 Å². The topological polar surface area (TPSA) is 29.1 Å². The Morgan fingerprint density at radius 3 is 2.50 bits per heavy atom. The van der Waals surface area contributed by atoms with Gasteiger partial charge in [0.1, 0.15) is 0 Å². The van der Waals surface area contributed by atoms with Crippen molar-refractivity contribution in [3.05, 3.63) is 29.3 Å². The van der Waals surface area contributed by atoms with Crippen LogP contribution >= 0.6 is 0 Å². The molecule has 0 aliphatic carbocycles. The number of amides is 1.